The van der Waals surface area contributed by atoms with Gasteiger partial charge in [-0.1, -0.05) is 24.6 Å². The number of ether oxygens (including phenoxy) is 1. The van der Waals surface area contributed by atoms with Crippen molar-refractivity contribution in [1.82, 2.24) is 10.2 Å². The molecular weight excluding hydrogens is 408 g/mol. The number of carbonyl (C=O) groups is 1. The topological polar surface area (TPSA) is 96.7 Å². The first kappa shape index (κ1) is 22.1. The van der Waals surface area contributed by atoms with Crippen LogP contribution in [0.3, 0.4) is 0 Å². The number of nitrogens with zero attached hydrogens (tertiary/aromatic N) is 2. The van der Waals surface area contributed by atoms with Gasteiger partial charge in [-0.15, -0.1) is 0 Å². The molecule has 0 radical (unpaired) electrons. The number of rotatable bonds is 9. The van der Waals surface area contributed by atoms with Crippen molar-refractivity contribution in [3.05, 3.63) is 63.7 Å². The van der Waals surface area contributed by atoms with Crippen molar-refractivity contribution >= 4 is 17.3 Å². The lowest BCUT2D eigenvalue weighted by atomic mass is 10.0. The van der Waals surface area contributed by atoms with Crippen LogP contribution in [0.5, 0.6) is 5.75 Å². The fraction of sp³-hybridized carbons (Fsp3) is 0.458. The molecule has 8 heteroatoms. The molecule has 0 aromatic heterocycles. The number of piperidine rings is 1. The molecule has 2 aromatic carbocycles. The number of nitro groups is 1. The van der Waals surface area contributed by atoms with Crippen molar-refractivity contribution in [2.24, 2.45) is 0 Å². The Bertz CT molecular complexity index is 970. The molecule has 0 bridgehead atoms. The average molecular weight is 439 g/mol. The fourth-order valence-corrected chi connectivity index (χ4v) is 4.29. The molecule has 2 aliphatic rings. The molecule has 0 spiro atoms. The maximum atomic E-state index is 12.9. The predicted octanol–water partition coefficient (Wildman–Crippen LogP) is 4.13. The Morgan fingerprint density at radius 3 is 2.62 bits per heavy atom. The number of hydrogen-bond donors (Lipinski definition) is 2. The molecule has 1 amide bonds. The Kier molecular flexibility index (Phi) is 6.90. The first-order chi connectivity index (χ1) is 15.6. The van der Waals surface area contributed by atoms with Crippen LogP contribution in [-0.4, -0.2) is 48.5 Å². The average Bonchev–Trinajstić information content (AvgIpc) is 3.64. The molecule has 1 aliphatic heterocycles. The lowest BCUT2D eigenvalue weighted by Gasteiger charge is -2.35. The number of methoxy groups -OCH3 is 1. The Hall–Kier alpha value is -3.13. The van der Waals surface area contributed by atoms with Gasteiger partial charge in [-0.2, -0.15) is 0 Å². The second kappa shape index (κ2) is 9.99. The van der Waals surface area contributed by atoms with Gasteiger partial charge < -0.3 is 15.4 Å². The number of carbonyl (C=O) groups excluding carboxylic acids is 1. The lowest BCUT2D eigenvalue weighted by molar-refractivity contribution is -0.384. The summed E-state index contributed by atoms with van der Waals surface area (Å²) >= 11 is 0. The van der Waals surface area contributed by atoms with Crippen LogP contribution >= 0.6 is 0 Å². The maximum absolute atomic E-state index is 12.9. The number of para-hydroxylation sites is 1. The quantitative estimate of drug-likeness (QED) is 0.451. The molecular formula is C24H30N4O4. The van der Waals surface area contributed by atoms with Gasteiger partial charge in [0.15, 0.2) is 0 Å². The largest absolute Gasteiger partial charge is 0.496 e. The summed E-state index contributed by atoms with van der Waals surface area (Å²) in [6, 6.07) is 12.8. The first-order valence-corrected chi connectivity index (χ1v) is 11.3. The van der Waals surface area contributed by atoms with E-state index in [-0.39, 0.29) is 23.2 Å². The molecule has 32 heavy (non-hydrogen) atoms. The van der Waals surface area contributed by atoms with E-state index in [1.54, 1.807) is 19.2 Å². The van der Waals surface area contributed by atoms with Gasteiger partial charge in [0.25, 0.3) is 11.6 Å². The van der Waals surface area contributed by atoms with Crippen molar-refractivity contribution in [3.63, 3.8) is 0 Å². The predicted molar refractivity (Wildman–Crippen MR) is 123 cm³/mol. The van der Waals surface area contributed by atoms with Crippen LogP contribution in [-0.2, 0) is 0 Å². The summed E-state index contributed by atoms with van der Waals surface area (Å²) in [5, 5.41) is 17.7. The van der Waals surface area contributed by atoms with E-state index in [2.05, 4.69) is 15.5 Å². The summed E-state index contributed by atoms with van der Waals surface area (Å²) in [5.41, 5.74) is 1.72. The number of benzene rings is 2. The van der Waals surface area contributed by atoms with E-state index in [0.717, 1.165) is 50.1 Å². The second-order valence-electron chi connectivity index (χ2n) is 8.47. The van der Waals surface area contributed by atoms with Gasteiger partial charge in [0, 0.05) is 29.8 Å². The van der Waals surface area contributed by atoms with Gasteiger partial charge in [0.1, 0.15) is 11.4 Å². The van der Waals surface area contributed by atoms with E-state index in [1.165, 1.54) is 12.5 Å². The van der Waals surface area contributed by atoms with Gasteiger partial charge in [-0.05, 0) is 57.0 Å². The lowest BCUT2D eigenvalue weighted by Crippen LogP contribution is -2.40. The summed E-state index contributed by atoms with van der Waals surface area (Å²) in [7, 11) is 1.65. The third-order valence-electron chi connectivity index (χ3n) is 6.18. The maximum Gasteiger partial charge on any atom is 0.293 e. The molecule has 1 saturated heterocycles. The smallest absolute Gasteiger partial charge is 0.293 e. The van der Waals surface area contributed by atoms with Crippen LogP contribution < -0.4 is 15.4 Å². The molecule has 1 saturated carbocycles. The van der Waals surface area contributed by atoms with Crippen LogP contribution in [0.15, 0.2) is 42.5 Å². The van der Waals surface area contributed by atoms with Crippen molar-refractivity contribution < 1.29 is 14.5 Å². The minimum atomic E-state index is -0.438. The van der Waals surface area contributed by atoms with Crippen LogP contribution in [0.25, 0.3) is 0 Å². The zero-order valence-corrected chi connectivity index (χ0v) is 18.4. The zero-order chi connectivity index (χ0) is 22.5. The second-order valence-corrected chi connectivity index (χ2v) is 8.47. The number of amides is 1. The highest BCUT2D eigenvalue weighted by Gasteiger charge is 2.27. The van der Waals surface area contributed by atoms with Crippen LogP contribution in [0, 0.1) is 10.1 Å². The minimum absolute atomic E-state index is 0.0267. The van der Waals surface area contributed by atoms with Gasteiger partial charge >= 0.3 is 0 Å². The summed E-state index contributed by atoms with van der Waals surface area (Å²) < 4.78 is 5.58. The molecule has 1 unspecified atom stereocenters. The van der Waals surface area contributed by atoms with Crippen molar-refractivity contribution in [2.75, 3.05) is 32.1 Å². The van der Waals surface area contributed by atoms with Crippen LogP contribution in [0.1, 0.15) is 54.1 Å². The summed E-state index contributed by atoms with van der Waals surface area (Å²) in [4.78, 5) is 26.4. The van der Waals surface area contributed by atoms with Crippen molar-refractivity contribution in [1.29, 1.82) is 0 Å². The summed E-state index contributed by atoms with van der Waals surface area (Å²) in [6.45, 7) is 2.33. The fourth-order valence-electron chi connectivity index (χ4n) is 4.29. The molecule has 8 nitrogen and oxygen atoms in total. The Morgan fingerprint density at radius 1 is 1.19 bits per heavy atom. The molecule has 170 valence electrons. The molecule has 1 aliphatic carbocycles. The highest BCUT2D eigenvalue weighted by atomic mass is 16.6. The number of nitro benzene ring substituents is 1. The third-order valence-corrected chi connectivity index (χ3v) is 6.18. The van der Waals surface area contributed by atoms with E-state index >= 15 is 0 Å². The Morgan fingerprint density at radius 2 is 1.94 bits per heavy atom. The van der Waals surface area contributed by atoms with E-state index < -0.39 is 4.92 Å². The molecule has 1 heterocycles. The van der Waals surface area contributed by atoms with E-state index in [9.17, 15) is 14.9 Å². The SMILES string of the molecule is COc1ccccc1C(CNC(=O)c1ccc(NC2CC2)c([N+](=O)[O-])c1)N1CCCCC1. The normalized spacial score (nSPS) is 17.4. The van der Waals surface area contributed by atoms with E-state index in [0.29, 0.717) is 18.3 Å². The van der Waals surface area contributed by atoms with Gasteiger partial charge in [-0.3, -0.25) is 19.8 Å². The van der Waals surface area contributed by atoms with Gasteiger partial charge in [0.05, 0.1) is 18.1 Å². The van der Waals surface area contributed by atoms with Crippen LogP contribution in [0.2, 0.25) is 0 Å². The molecule has 2 fully saturated rings. The summed E-state index contributed by atoms with van der Waals surface area (Å²) in [5.74, 6) is 0.478. The van der Waals surface area contributed by atoms with Gasteiger partial charge in [-0.25, -0.2) is 0 Å². The van der Waals surface area contributed by atoms with E-state index in [1.807, 2.05) is 24.3 Å². The zero-order valence-electron chi connectivity index (χ0n) is 18.4. The number of anilines is 1. The van der Waals surface area contributed by atoms with Crippen molar-refractivity contribution in [3.8, 4) is 5.75 Å². The minimum Gasteiger partial charge on any atom is -0.496 e. The number of nitrogens with one attached hydrogen (secondary N) is 2. The number of likely N-dealkylation sites (tertiary alicyclic amines) is 1. The molecule has 2 aromatic rings. The van der Waals surface area contributed by atoms with E-state index in [4.69, 9.17) is 4.74 Å². The van der Waals surface area contributed by atoms with Gasteiger partial charge in [0.2, 0.25) is 0 Å². The Balaban J connectivity index is 1.51. The standard InChI is InChI=1S/C24H30N4O4/c1-32-23-8-4-3-7-19(23)22(27-13-5-2-6-14-27)16-25-24(29)17-9-12-20(26-18-10-11-18)21(15-17)28(30)31/h3-4,7-9,12,15,18,22,26H,2,5-6,10-11,13-14,16H2,1H3,(H,25,29). The highest BCUT2D eigenvalue weighted by molar-refractivity contribution is 5.95. The van der Waals surface area contributed by atoms with Crippen LogP contribution in [0.4, 0.5) is 11.4 Å². The first-order valence-electron chi connectivity index (χ1n) is 11.3. The monoisotopic (exact) mass is 438 g/mol. The number of hydrogen-bond acceptors (Lipinski definition) is 6. The van der Waals surface area contributed by atoms with Crippen molar-refractivity contribution in [2.45, 2.75) is 44.2 Å². The summed E-state index contributed by atoms with van der Waals surface area (Å²) in [6.07, 6.45) is 5.50. The molecule has 1 atom stereocenters. The Labute approximate surface area is 188 Å². The third kappa shape index (κ3) is 5.19. The highest BCUT2D eigenvalue weighted by Crippen LogP contribution is 2.33. The molecule has 2 N–H and O–H groups in total. The molecule has 4 rings (SSSR count).